The van der Waals surface area contributed by atoms with Gasteiger partial charge in [0, 0.05) is 17.5 Å². The van der Waals surface area contributed by atoms with Crippen LogP contribution in [-0.4, -0.2) is 23.1 Å². The van der Waals surface area contributed by atoms with Gasteiger partial charge >= 0.3 is 0 Å². The molecule has 4 nitrogen and oxygen atoms in total. The third-order valence-electron chi connectivity index (χ3n) is 7.26. The highest BCUT2D eigenvalue weighted by atomic mass is 16.5. The third kappa shape index (κ3) is 5.53. The van der Waals surface area contributed by atoms with E-state index in [0.29, 0.717) is 18.4 Å². The van der Waals surface area contributed by atoms with Gasteiger partial charge in [0.05, 0.1) is 18.5 Å². The minimum atomic E-state index is 0.0307. The number of para-hydroxylation sites is 1. The summed E-state index contributed by atoms with van der Waals surface area (Å²) in [6.07, 6.45) is 7.54. The van der Waals surface area contributed by atoms with Gasteiger partial charge in [-0.05, 0) is 23.0 Å². The first kappa shape index (κ1) is 25.0. The largest absolute Gasteiger partial charge is 0.478 e. The molecular weight excluding hydrogens is 454 g/mol. The molecule has 0 bridgehead atoms. The Morgan fingerprint density at radius 3 is 2.00 bits per heavy atom. The van der Waals surface area contributed by atoms with Crippen LogP contribution in [0.5, 0.6) is 0 Å². The van der Waals surface area contributed by atoms with Crippen LogP contribution in [0.4, 0.5) is 0 Å². The second-order valence-corrected chi connectivity index (χ2v) is 10.6. The highest BCUT2D eigenvalue weighted by Gasteiger charge is 2.29. The van der Waals surface area contributed by atoms with Crippen molar-refractivity contribution in [2.75, 3.05) is 6.61 Å². The molecule has 4 heteroatoms. The third-order valence-corrected chi connectivity index (χ3v) is 7.26. The van der Waals surface area contributed by atoms with Crippen LogP contribution in [0.25, 0.3) is 5.69 Å². The number of aryl methyl sites for hydroxylation is 1. The van der Waals surface area contributed by atoms with Gasteiger partial charge in [0.25, 0.3) is 0 Å². The van der Waals surface area contributed by atoms with Crippen LogP contribution >= 0.6 is 0 Å². The van der Waals surface area contributed by atoms with Crippen molar-refractivity contribution in [1.82, 2.24) is 4.57 Å². The molecule has 1 aliphatic heterocycles. The van der Waals surface area contributed by atoms with Gasteiger partial charge in [-0.25, -0.2) is 14.1 Å². The van der Waals surface area contributed by atoms with Gasteiger partial charge in [-0.15, -0.1) is 0 Å². The van der Waals surface area contributed by atoms with E-state index in [-0.39, 0.29) is 12.0 Å². The van der Waals surface area contributed by atoms with E-state index < -0.39 is 0 Å². The minimum absolute atomic E-state index is 0.0307. The first-order valence-electron chi connectivity index (χ1n) is 13.5. The summed E-state index contributed by atoms with van der Waals surface area (Å²) in [4.78, 5) is 5.07. The highest BCUT2D eigenvalue weighted by Crippen LogP contribution is 2.31. The predicted octanol–water partition coefficient (Wildman–Crippen LogP) is 7.03. The summed E-state index contributed by atoms with van der Waals surface area (Å²) < 4.78 is 10.8. The normalized spacial score (nSPS) is 15.4. The van der Waals surface area contributed by atoms with Crippen molar-refractivity contribution in [3.05, 3.63) is 120 Å². The molecule has 1 aliphatic rings. The van der Waals surface area contributed by atoms with Crippen molar-refractivity contribution in [2.45, 2.75) is 64.5 Å². The summed E-state index contributed by atoms with van der Waals surface area (Å²) in [6.45, 7) is 10.6. The molecule has 0 spiro atoms. The molecule has 0 saturated heterocycles. The molecule has 5 rings (SSSR count). The summed E-state index contributed by atoms with van der Waals surface area (Å²) in [5, 5.41) is 0. The van der Waals surface area contributed by atoms with Crippen LogP contribution < -0.4 is 4.57 Å². The van der Waals surface area contributed by atoms with Gasteiger partial charge in [-0.3, -0.25) is 0 Å². The zero-order chi connectivity index (χ0) is 25.8. The van der Waals surface area contributed by atoms with Crippen LogP contribution in [0.2, 0.25) is 0 Å². The molecule has 190 valence electrons. The fourth-order valence-electron chi connectivity index (χ4n) is 5.28. The molecule has 0 unspecified atom stereocenters. The number of hydrogen-bond donors (Lipinski definition) is 0. The van der Waals surface area contributed by atoms with Gasteiger partial charge in [-0.2, -0.15) is 0 Å². The van der Waals surface area contributed by atoms with E-state index in [0.717, 1.165) is 18.9 Å². The molecule has 3 aromatic carbocycles. The number of hydrogen-bond acceptors (Lipinski definition) is 2. The van der Waals surface area contributed by atoms with E-state index in [1.54, 1.807) is 0 Å². The number of rotatable bonds is 9. The molecule has 0 saturated carbocycles. The number of aromatic nitrogens is 2. The van der Waals surface area contributed by atoms with Crippen molar-refractivity contribution in [3.63, 3.8) is 0 Å². The van der Waals surface area contributed by atoms with Crippen molar-refractivity contribution in [2.24, 2.45) is 4.99 Å². The zero-order valence-electron chi connectivity index (χ0n) is 22.4. The monoisotopic (exact) mass is 492 g/mol. The fourth-order valence-corrected chi connectivity index (χ4v) is 5.28. The van der Waals surface area contributed by atoms with Gasteiger partial charge < -0.3 is 4.74 Å². The van der Waals surface area contributed by atoms with Crippen LogP contribution in [0.3, 0.4) is 0 Å². The molecule has 0 N–H and O–H groups in total. The average molecular weight is 493 g/mol. The standard InChI is InChI=1S/C33H38N3O/c1-24(2)29-16-11-17-30(25(3)4)32(29)36-21-20-35(23-36)19-18-28-22-37-33(34-28)31(26-12-7-5-8-13-26)27-14-9-6-10-15-27/h5-17,20-21,23-25,28,31H,18-19,22H2,1-4H3/q+1/t28-/m0/s1. The van der Waals surface area contributed by atoms with Crippen molar-refractivity contribution >= 4 is 5.90 Å². The molecule has 0 aliphatic carbocycles. The Labute approximate surface area is 221 Å². The molecule has 37 heavy (non-hydrogen) atoms. The second-order valence-electron chi connectivity index (χ2n) is 10.6. The van der Waals surface area contributed by atoms with Crippen molar-refractivity contribution in [3.8, 4) is 5.69 Å². The predicted molar refractivity (Wildman–Crippen MR) is 151 cm³/mol. The van der Waals surface area contributed by atoms with E-state index in [1.807, 2.05) is 0 Å². The lowest BCUT2D eigenvalue weighted by Gasteiger charge is -2.17. The van der Waals surface area contributed by atoms with Gasteiger partial charge in [0.15, 0.2) is 5.90 Å². The van der Waals surface area contributed by atoms with E-state index in [1.165, 1.54) is 27.9 Å². The molecule has 0 fully saturated rings. The summed E-state index contributed by atoms with van der Waals surface area (Å²) >= 11 is 0. The number of benzene rings is 3. The lowest BCUT2D eigenvalue weighted by atomic mass is 9.91. The van der Waals surface area contributed by atoms with Gasteiger partial charge in [0.2, 0.25) is 6.33 Å². The zero-order valence-corrected chi connectivity index (χ0v) is 22.4. The first-order chi connectivity index (χ1) is 18.0. The Hall–Kier alpha value is -3.66. The van der Waals surface area contributed by atoms with Crippen LogP contribution in [-0.2, 0) is 11.3 Å². The molecule has 2 heterocycles. The highest BCUT2D eigenvalue weighted by molar-refractivity contribution is 5.88. The van der Waals surface area contributed by atoms with Gasteiger partial charge in [0.1, 0.15) is 24.7 Å². The molecule has 1 atom stereocenters. The number of imidazole rings is 1. The average Bonchev–Trinajstić information content (AvgIpc) is 3.58. The smallest absolute Gasteiger partial charge is 0.248 e. The van der Waals surface area contributed by atoms with E-state index >= 15 is 0 Å². The van der Waals surface area contributed by atoms with Crippen LogP contribution in [0.1, 0.15) is 74.1 Å². The lowest BCUT2D eigenvalue weighted by molar-refractivity contribution is -0.696. The Morgan fingerprint density at radius 1 is 0.838 bits per heavy atom. The van der Waals surface area contributed by atoms with Crippen LogP contribution in [0.15, 0.2) is 103 Å². The minimum Gasteiger partial charge on any atom is -0.478 e. The molecule has 1 aromatic heterocycles. The lowest BCUT2D eigenvalue weighted by Crippen LogP contribution is -2.33. The van der Waals surface area contributed by atoms with Gasteiger partial charge in [-0.1, -0.05) is 107 Å². The molecule has 4 aromatic rings. The van der Waals surface area contributed by atoms with E-state index in [2.05, 4.69) is 134 Å². The van der Waals surface area contributed by atoms with Crippen molar-refractivity contribution in [1.29, 1.82) is 0 Å². The van der Waals surface area contributed by atoms with E-state index in [9.17, 15) is 0 Å². The Bertz CT molecular complexity index is 1270. The topological polar surface area (TPSA) is 30.4 Å². The maximum atomic E-state index is 6.22. The Kier molecular flexibility index (Phi) is 7.55. The fraction of sp³-hybridized carbons (Fsp3) is 0.333. The van der Waals surface area contributed by atoms with E-state index in [4.69, 9.17) is 9.73 Å². The number of aliphatic imine (C=N–C) groups is 1. The molecule has 0 radical (unpaired) electrons. The maximum absolute atomic E-state index is 6.22. The Balaban J connectivity index is 1.33. The summed E-state index contributed by atoms with van der Waals surface area (Å²) in [5.74, 6) is 1.80. The quantitative estimate of drug-likeness (QED) is 0.231. The summed E-state index contributed by atoms with van der Waals surface area (Å²) in [7, 11) is 0. The SMILES string of the molecule is CC(C)c1cccc(C(C)C)c1-n1cc[n+](CC[C@H]2COC(C(c3ccccc3)c3ccccc3)=N2)c1. The number of nitrogens with zero attached hydrogens (tertiary/aromatic N) is 3. The molecule has 0 amide bonds. The molecular formula is C33H38N3O+. The van der Waals surface area contributed by atoms with Crippen molar-refractivity contribution < 1.29 is 9.30 Å². The first-order valence-corrected chi connectivity index (χ1v) is 13.5. The second kappa shape index (κ2) is 11.2. The van der Waals surface area contributed by atoms with Crippen LogP contribution in [0, 0.1) is 0 Å². The summed E-state index contributed by atoms with van der Waals surface area (Å²) in [6, 6.07) is 28.0. The number of ether oxygens (including phenoxy) is 1. The summed E-state index contributed by atoms with van der Waals surface area (Å²) in [5.41, 5.74) is 6.53. The Morgan fingerprint density at radius 2 is 1.43 bits per heavy atom. The maximum Gasteiger partial charge on any atom is 0.248 e.